The molecule has 0 aliphatic carbocycles. The van der Waals surface area contributed by atoms with Crippen LogP contribution in [-0.4, -0.2) is 34.9 Å². The van der Waals surface area contributed by atoms with E-state index < -0.39 is 17.7 Å². The molecule has 0 spiro atoms. The number of likely N-dealkylation sites (tertiary alicyclic amines) is 1. The molecule has 1 aromatic heterocycles. The summed E-state index contributed by atoms with van der Waals surface area (Å²) in [5, 5.41) is 11.2. The second kappa shape index (κ2) is 11.6. The molecular weight excluding hydrogens is 458 g/mol. The highest BCUT2D eigenvalue weighted by Crippen LogP contribution is 2.41. The highest BCUT2D eigenvalue weighted by molar-refractivity contribution is 6.46. The predicted octanol–water partition coefficient (Wildman–Crippen LogP) is 5.87. The van der Waals surface area contributed by atoms with Gasteiger partial charge in [0.25, 0.3) is 11.7 Å². The number of carbonyl (C=O) groups is 2. The van der Waals surface area contributed by atoms with Crippen LogP contribution in [0.5, 0.6) is 11.5 Å². The first-order valence-electron chi connectivity index (χ1n) is 12.3. The number of amides is 1. The van der Waals surface area contributed by atoms with Gasteiger partial charge in [0, 0.05) is 5.56 Å². The molecule has 1 aliphatic heterocycles. The fraction of sp³-hybridized carbons (Fsp3) is 0.310. The lowest BCUT2D eigenvalue weighted by Crippen LogP contribution is -2.29. The molecule has 4 rings (SSSR count). The van der Waals surface area contributed by atoms with E-state index in [2.05, 4.69) is 6.92 Å². The lowest BCUT2D eigenvalue weighted by Gasteiger charge is -2.24. The van der Waals surface area contributed by atoms with Gasteiger partial charge in [0.05, 0.1) is 37.6 Å². The van der Waals surface area contributed by atoms with Crippen molar-refractivity contribution in [1.29, 1.82) is 0 Å². The molecule has 1 saturated heterocycles. The molecule has 2 heterocycles. The number of furan rings is 1. The number of hydrogen-bond acceptors (Lipinski definition) is 6. The van der Waals surface area contributed by atoms with Crippen molar-refractivity contribution in [1.82, 2.24) is 4.90 Å². The van der Waals surface area contributed by atoms with E-state index in [0.29, 0.717) is 41.6 Å². The first-order valence-corrected chi connectivity index (χ1v) is 12.3. The largest absolute Gasteiger partial charge is 0.507 e. The molecule has 1 aliphatic rings. The minimum absolute atomic E-state index is 0.0346. The minimum atomic E-state index is -0.782. The van der Waals surface area contributed by atoms with Gasteiger partial charge in [-0.15, -0.1) is 0 Å². The van der Waals surface area contributed by atoms with Gasteiger partial charge in [0.2, 0.25) is 0 Å². The average Bonchev–Trinajstić information content (AvgIpc) is 3.50. The Morgan fingerprint density at radius 3 is 2.28 bits per heavy atom. The van der Waals surface area contributed by atoms with E-state index in [-0.39, 0.29) is 17.9 Å². The molecule has 2 aromatic carbocycles. The van der Waals surface area contributed by atoms with Crippen molar-refractivity contribution in [2.45, 2.75) is 45.7 Å². The number of ether oxygens (including phenoxy) is 2. The third-order valence-electron chi connectivity index (χ3n) is 6.10. The molecule has 1 N–H and O–H groups in total. The van der Waals surface area contributed by atoms with Crippen molar-refractivity contribution >= 4 is 17.4 Å². The van der Waals surface area contributed by atoms with Crippen LogP contribution in [0.1, 0.15) is 56.0 Å². The van der Waals surface area contributed by atoms with E-state index >= 15 is 0 Å². The van der Waals surface area contributed by atoms with E-state index in [1.807, 2.05) is 31.2 Å². The number of unbranched alkanes of at least 4 members (excludes halogenated alkanes) is 2. The molecule has 1 atom stereocenters. The van der Waals surface area contributed by atoms with Crippen molar-refractivity contribution in [3.63, 3.8) is 0 Å². The smallest absolute Gasteiger partial charge is 0.296 e. The summed E-state index contributed by atoms with van der Waals surface area (Å²) in [6.07, 6.45) is 4.71. The standard InChI is InChI=1S/C29H31NO6/c1-3-5-6-17-35-23-13-9-20(10-14-23)26-25(27(31)21-11-15-22(16-12-21)34-4-2)28(32)29(33)30(26)19-24-8-7-18-36-24/h7-16,18,26,31H,3-6,17,19H2,1-2H3/t26-/m0/s1. The van der Waals surface area contributed by atoms with Crippen molar-refractivity contribution < 1.29 is 28.6 Å². The fourth-order valence-corrected chi connectivity index (χ4v) is 4.28. The number of aliphatic hydroxyl groups is 1. The maximum Gasteiger partial charge on any atom is 0.296 e. The molecule has 7 nitrogen and oxygen atoms in total. The van der Waals surface area contributed by atoms with Crippen molar-refractivity contribution in [3.05, 3.63) is 89.4 Å². The Morgan fingerprint density at radius 2 is 1.64 bits per heavy atom. The summed E-state index contributed by atoms with van der Waals surface area (Å²) >= 11 is 0. The molecule has 0 radical (unpaired) electrons. The van der Waals surface area contributed by atoms with Crippen LogP contribution in [0.25, 0.3) is 5.76 Å². The predicted molar refractivity (Wildman–Crippen MR) is 136 cm³/mol. The maximum atomic E-state index is 13.2. The van der Waals surface area contributed by atoms with Gasteiger partial charge in [0.15, 0.2) is 0 Å². The Hall–Kier alpha value is -4.00. The van der Waals surface area contributed by atoms with E-state index in [1.54, 1.807) is 36.4 Å². The van der Waals surface area contributed by atoms with Gasteiger partial charge < -0.3 is 23.9 Å². The van der Waals surface area contributed by atoms with Crippen molar-refractivity contribution in [3.8, 4) is 11.5 Å². The number of carbonyl (C=O) groups excluding carboxylic acids is 2. The molecule has 0 saturated carbocycles. The molecule has 1 fully saturated rings. The molecule has 188 valence electrons. The number of nitrogens with zero attached hydrogens (tertiary/aromatic N) is 1. The van der Waals surface area contributed by atoms with Gasteiger partial charge >= 0.3 is 0 Å². The van der Waals surface area contributed by atoms with Gasteiger partial charge in [0.1, 0.15) is 23.0 Å². The Balaban J connectivity index is 1.70. The number of hydrogen-bond donors (Lipinski definition) is 1. The SMILES string of the molecule is CCCCCOc1ccc([C@H]2C(=C(O)c3ccc(OCC)cc3)C(=O)C(=O)N2Cc2ccco2)cc1. The topological polar surface area (TPSA) is 89.2 Å². The molecular formula is C29H31NO6. The number of rotatable bonds is 11. The zero-order valence-corrected chi connectivity index (χ0v) is 20.6. The van der Waals surface area contributed by atoms with E-state index in [4.69, 9.17) is 13.9 Å². The van der Waals surface area contributed by atoms with Crippen LogP contribution >= 0.6 is 0 Å². The highest BCUT2D eigenvalue weighted by Gasteiger charge is 2.46. The van der Waals surface area contributed by atoms with Crippen LogP contribution in [0.15, 0.2) is 76.9 Å². The third kappa shape index (κ3) is 5.46. The minimum Gasteiger partial charge on any atom is -0.507 e. The van der Waals surface area contributed by atoms with Gasteiger partial charge in [-0.3, -0.25) is 9.59 Å². The molecule has 0 unspecified atom stereocenters. The summed E-state index contributed by atoms with van der Waals surface area (Å²) in [6, 6.07) is 16.8. The normalized spacial score (nSPS) is 16.9. The maximum absolute atomic E-state index is 13.2. The van der Waals surface area contributed by atoms with Crippen LogP contribution in [0.2, 0.25) is 0 Å². The number of aliphatic hydroxyl groups excluding tert-OH is 1. The lowest BCUT2D eigenvalue weighted by molar-refractivity contribution is -0.140. The molecule has 0 bridgehead atoms. The van der Waals surface area contributed by atoms with Gasteiger partial charge in [-0.05, 0) is 67.4 Å². The monoisotopic (exact) mass is 489 g/mol. The van der Waals surface area contributed by atoms with E-state index in [9.17, 15) is 14.7 Å². The Bertz CT molecular complexity index is 1200. The molecule has 1 amide bonds. The average molecular weight is 490 g/mol. The van der Waals surface area contributed by atoms with Crippen LogP contribution in [0.3, 0.4) is 0 Å². The fourth-order valence-electron chi connectivity index (χ4n) is 4.28. The van der Waals surface area contributed by atoms with Gasteiger partial charge in [-0.2, -0.15) is 0 Å². The van der Waals surface area contributed by atoms with Crippen LogP contribution in [0.4, 0.5) is 0 Å². The summed E-state index contributed by atoms with van der Waals surface area (Å²) in [4.78, 5) is 27.7. The number of Topliss-reactive ketones (excluding diaryl/α,β-unsaturated/α-hetero) is 1. The molecule has 3 aromatic rings. The zero-order valence-electron chi connectivity index (χ0n) is 20.6. The highest BCUT2D eigenvalue weighted by atomic mass is 16.5. The summed E-state index contributed by atoms with van der Waals surface area (Å²) in [5.41, 5.74) is 1.15. The molecule has 36 heavy (non-hydrogen) atoms. The van der Waals surface area contributed by atoms with Crippen LogP contribution in [0, 0.1) is 0 Å². The lowest BCUT2D eigenvalue weighted by atomic mass is 9.95. The molecule has 7 heteroatoms. The van der Waals surface area contributed by atoms with Gasteiger partial charge in [-0.1, -0.05) is 31.9 Å². The summed E-state index contributed by atoms with van der Waals surface area (Å²) in [5.74, 6) is 0.242. The Kier molecular flexibility index (Phi) is 8.10. The second-order valence-corrected chi connectivity index (χ2v) is 8.59. The quantitative estimate of drug-likeness (QED) is 0.157. The summed E-state index contributed by atoms with van der Waals surface area (Å²) in [7, 11) is 0. The first kappa shape index (κ1) is 25.1. The summed E-state index contributed by atoms with van der Waals surface area (Å²) in [6.45, 7) is 5.26. The van der Waals surface area contributed by atoms with Crippen LogP contribution in [-0.2, 0) is 16.1 Å². The number of ketones is 1. The summed E-state index contributed by atoms with van der Waals surface area (Å²) < 4.78 is 16.7. The van der Waals surface area contributed by atoms with Crippen molar-refractivity contribution in [2.24, 2.45) is 0 Å². The van der Waals surface area contributed by atoms with Crippen molar-refractivity contribution in [2.75, 3.05) is 13.2 Å². The zero-order chi connectivity index (χ0) is 25.5. The van der Waals surface area contributed by atoms with E-state index in [1.165, 1.54) is 11.2 Å². The second-order valence-electron chi connectivity index (χ2n) is 8.59. The first-order chi connectivity index (χ1) is 17.5. The van der Waals surface area contributed by atoms with Gasteiger partial charge in [-0.25, -0.2) is 0 Å². The number of benzene rings is 2. The van der Waals surface area contributed by atoms with Crippen LogP contribution < -0.4 is 9.47 Å². The third-order valence-corrected chi connectivity index (χ3v) is 6.10. The Labute approximate surface area is 210 Å². The Morgan fingerprint density at radius 1 is 0.944 bits per heavy atom. The van der Waals surface area contributed by atoms with E-state index in [0.717, 1.165) is 19.3 Å².